The van der Waals surface area contributed by atoms with Gasteiger partial charge in [0.05, 0.1) is 15.7 Å². The summed E-state index contributed by atoms with van der Waals surface area (Å²) in [6.45, 7) is 7.73. The van der Waals surface area contributed by atoms with Crippen LogP contribution in [0.3, 0.4) is 0 Å². The largest absolute Gasteiger partial charge is 0.355 e. The topological polar surface area (TPSA) is 24.9 Å². The van der Waals surface area contributed by atoms with E-state index in [1.54, 1.807) is 6.07 Å². The van der Waals surface area contributed by atoms with Gasteiger partial charge in [-0.3, -0.25) is 4.98 Å². The Morgan fingerprint density at radius 3 is 2.50 bits per heavy atom. The fourth-order valence-corrected chi connectivity index (χ4v) is 2.90. The summed E-state index contributed by atoms with van der Waals surface area (Å²) in [5, 5.41) is 3.87. The van der Waals surface area contributed by atoms with Gasteiger partial charge in [-0.1, -0.05) is 74.0 Å². The first-order valence-electron chi connectivity index (χ1n) is 7.76. The smallest absolute Gasteiger partial charge is 0.143 e. The highest BCUT2D eigenvalue weighted by Gasteiger charge is 2.27. The van der Waals surface area contributed by atoms with Crippen LogP contribution >= 0.6 is 23.2 Å². The molecule has 1 N–H and O–H groups in total. The van der Waals surface area contributed by atoms with Gasteiger partial charge in [0.25, 0.3) is 0 Å². The summed E-state index contributed by atoms with van der Waals surface area (Å²) in [5.74, 6) is 0. The average molecular weight is 365 g/mol. The molecule has 0 bridgehead atoms. The lowest BCUT2D eigenvalue weighted by Gasteiger charge is -2.27. The Labute approximate surface area is 152 Å². The number of hydrogen-bond acceptors (Lipinski definition) is 2. The van der Waals surface area contributed by atoms with Gasteiger partial charge >= 0.3 is 0 Å². The first-order valence-corrected chi connectivity index (χ1v) is 8.51. The highest BCUT2D eigenvalue weighted by molar-refractivity contribution is 6.35. The second-order valence-electron chi connectivity index (χ2n) is 5.03. The van der Waals surface area contributed by atoms with E-state index in [2.05, 4.69) is 16.9 Å². The zero-order valence-electron chi connectivity index (χ0n) is 13.6. The number of benzene rings is 1. The molecule has 3 rings (SSSR count). The third kappa shape index (κ3) is 3.97. The van der Waals surface area contributed by atoms with E-state index in [1.165, 1.54) is 6.20 Å². The van der Waals surface area contributed by atoms with Crippen LogP contribution in [0.25, 0.3) is 11.3 Å². The van der Waals surface area contributed by atoms with Gasteiger partial charge in [-0.25, -0.2) is 4.39 Å². The van der Waals surface area contributed by atoms with Crippen LogP contribution in [-0.4, -0.2) is 11.2 Å². The van der Waals surface area contributed by atoms with Crippen LogP contribution in [0.2, 0.25) is 10.0 Å². The molecule has 2 heterocycles. The molecule has 1 aromatic heterocycles. The second kappa shape index (κ2) is 8.32. The third-order valence-electron chi connectivity index (χ3n) is 3.52. The molecule has 1 unspecified atom stereocenters. The molecule has 1 aliphatic heterocycles. The lowest BCUT2D eigenvalue weighted by molar-refractivity contribution is 0.374. The number of pyridine rings is 1. The number of aromatic nitrogens is 1. The molecule has 0 amide bonds. The summed E-state index contributed by atoms with van der Waals surface area (Å²) in [7, 11) is 0. The summed E-state index contributed by atoms with van der Waals surface area (Å²) < 4.78 is 14.1. The lowest BCUT2D eigenvalue weighted by atomic mass is 9.92. The summed E-state index contributed by atoms with van der Waals surface area (Å²) in [4.78, 5) is 4.29. The van der Waals surface area contributed by atoms with Crippen LogP contribution in [0.15, 0.2) is 54.9 Å². The number of nitrogens with zero attached hydrogens (tertiary/aromatic N) is 1. The molecule has 1 aliphatic rings. The van der Waals surface area contributed by atoms with Crippen molar-refractivity contribution >= 4 is 34.5 Å². The molecule has 0 fully saturated rings. The molecule has 1 atom stereocenters. The predicted molar refractivity (Wildman–Crippen MR) is 101 cm³/mol. The summed E-state index contributed by atoms with van der Waals surface area (Å²) in [5.41, 5.74) is 3.26. The van der Waals surface area contributed by atoms with Gasteiger partial charge in [-0.15, -0.1) is 0 Å². The number of hydrogen-bond donors (Lipinski definition) is 1. The Kier molecular flexibility index (Phi) is 6.41. The van der Waals surface area contributed by atoms with E-state index in [0.717, 1.165) is 11.1 Å². The van der Waals surface area contributed by atoms with Gasteiger partial charge in [0.1, 0.15) is 11.9 Å². The van der Waals surface area contributed by atoms with E-state index in [1.807, 2.05) is 44.2 Å². The van der Waals surface area contributed by atoms with Crippen LogP contribution in [0, 0.1) is 0 Å². The normalized spacial score (nSPS) is 17.0. The maximum atomic E-state index is 14.1. The van der Waals surface area contributed by atoms with Crippen molar-refractivity contribution in [3.05, 3.63) is 76.2 Å². The van der Waals surface area contributed by atoms with E-state index in [4.69, 9.17) is 23.2 Å². The highest BCUT2D eigenvalue weighted by Crippen LogP contribution is 2.37. The lowest BCUT2D eigenvalue weighted by Crippen LogP contribution is -2.26. The molecule has 1 aromatic carbocycles. The molecule has 126 valence electrons. The van der Waals surface area contributed by atoms with Crippen LogP contribution in [0.4, 0.5) is 4.39 Å². The molecule has 2 aromatic rings. The first kappa shape index (κ1) is 18.5. The van der Waals surface area contributed by atoms with E-state index >= 15 is 0 Å². The SMILES string of the molecule is C=C1NC(c2ncc(Cl)cc2Cl)=C(c2ccccc2)CC1F.CC. The van der Waals surface area contributed by atoms with Gasteiger partial charge in [-0.2, -0.15) is 0 Å². The monoisotopic (exact) mass is 364 g/mol. The Balaban J connectivity index is 0.00000100. The standard InChI is InChI=1S/C17H13Cl2FN2.C2H6/c1-10-15(20)8-13(11-5-3-2-4-6-11)16(22-10)17-14(19)7-12(18)9-21-17;1-2/h2-7,9,15,22H,1,8H2;1-2H3. The van der Waals surface area contributed by atoms with Crippen molar-refractivity contribution in [1.29, 1.82) is 0 Å². The maximum absolute atomic E-state index is 14.1. The quantitative estimate of drug-likeness (QED) is 0.693. The molecule has 0 radical (unpaired) electrons. The number of alkyl halides is 1. The van der Waals surface area contributed by atoms with Gasteiger partial charge in [0, 0.05) is 18.3 Å². The van der Waals surface area contributed by atoms with Gasteiger partial charge in [0.2, 0.25) is 0 Å². The minimum absolute atomic E-state index is 0.228. The molecule has 0 saturated heterocycles. The van der Waals surface area contributed by atoms with Crippen LogP contribution in [0.5, 0.6) is 0 Å². The van der Waals surface area contributed by atoms with E-state index in [0.29, 0.717) is 27.1 Å². The van der Waals surface area contributed by atoms with Crippen molar-refractivity contribution in [3.8, 4) is 0 Å². The van der Waals surface area contributed by atoms with Crippen molar-refractivity contribution in [2.24, 2.45) is 0 Å². The summed E-state index contributed by atoms with van der Waals surface area (Å²) >= 11 is 12.2. The number of rotatable bonds is 2. The van der Waals surface area contributed by atoms with Crippen LogP contribution in [0.1, 0.15) is 31.5 Å². The Morgan fingerprint density at radius 1 is 1.21 bits per heavy atom. The van der Waals surface area contributed by atoms with E-state index < -0.39 is 6.17 Å². The molecule has 5 heteroatoms. The van der Waals surface area contributed by atoms with Gasteiger partial charge in [-0.05, 0) is 17.2 Å². The molecule has 0 saturated carbocycles. The summed E-state index contributed by atoms with van der Waals surface area (Å²) in [6, 6.07) is 11.2. The second-order valence-corrected chi connectivity index (χ2v) is 5.87. The Bertz CT molecular complexity index is 757. The van der Waals surface area contributed by atoms with Crippen molar-refractivity contribution in [3.63, 3.8) is 0 Å². The van der Waals surface area contributed by atoms with E-state index in [9.17, 15) is 4.39 Å². The minimum Gasteiger partial charge on any atom is -0.355 e. The van der Waals surface area contributed by atoms with Crippen molar-refractivity contribution in [2.45, 2.75) is 26.4 Å². The third-order valence-corrected chi connectivity index (χ3v) is 4.01. The van der Waals surface area contributed by atoms with Crippen molar-refractivity contribution in [2.75, 3.05) is 0 Å². The predicted octanol–water partition coefficient (Wildman–Crippen LogP) is 6.13. The number of allylic oxidation sites excluding steroid dienone is 2. The zero-order chi connectivity index (χ0) is 17.7. The van der Waals surface area contributed by atoms with Crippen molar-refractivity contribution < 1.29 is 4.39 Å². The number of halogens is 3. The van der Waals surface area contributed by atoms with Crippen LogP contribution < -0.4 is 5.32 Å². The van der Waals surface area contributed by atoms with Gasteiger partial charge < -0.3 is 5.32 Å². The fraction of sp³-hybridized carbons (Fsp3) is 0.211. The Morgan fingerprint density at radius 2 is 1.88 bits per heavy atom. The summed E-state index contributed by atoms with van der Waals surface area (Å²) in [6.07, 6.45) is 0.598. The molecule has 0 aliphatic carbocycles. The van der Waals surface area contributed by atoms with Crippen LogP contribution in [-0.2, 0) is 0 Å². The maximum Gasteiger partial charge on any atom is 0.143 e. The molecule has 2 nitrogen and oxygen atoms in total. The van der Waals surface area contributed by atoms with Crippen molar-refractivity contribution in [1.82, 2.24) is 10.3 Å². The first-order chi connectivity index (χ1) is 11.6. The molecule has 24 heavy (non-hydrogen) atoms. The minimum atomic E-state index is -1.15. The molecular weight excluding hydrogens is 346 g/mol. The fourth-order valence-electron chi connectivity index (χ4n) is 2.42. The van der Waals surface area contributed by atoms with E-state index in [-0.39, 0.29) is 6.42 Å². The molecule has 0 spiro atoms. The van der Waals surface area contributed by atoms with Gasteiger partial charge in [0.15, 0.2) is 0 Å². The molecular formula is C19H19Cl2FN2. The Hall–Kier alpha value is -1.84. The average Bonchev–Trinajstić information content (AvgIpc) is 2.60. The number of nitrogens with one attached hydrogen (secondary N) is 1. The highest BCUT2D eigenvalue weighted by atomic mass is 35.5. The zero-order valence-corrected chi connectivity index (χ0v) is 15.1.